The van der Waals surface area contributed by atoms with Crippen molar-refractivity contribution < 1.29 is 9.53 Å². The molecule has 4 rings (SSSR count). The third-order valence-corrected chi connectivity index (χ3v) is 5.02. The first kappa shape index (κ1) is 18.5. The van der Waals surface area contributed by atoms with Crippen molar-refractivity contribution in [2.45, 2.75) is 18.9 Å². The minimum absolute atomic E-state index is 0.0613. The van der Waals surface area contributed by atoms with Crippen molar-refractivity contribution in [2.24, 2.45) is 0 Å². The molecule has 0 bridgehead atoms. The van der Waals surface area contributed by atoms with Gasteiger partial charge in [-0.25, -0.2) is 9.50 Å². The molecule has 9 nitrogen and oxygen atoms in total. The maximum absolute atomic E-state index is 12.9. The van der Waals surface area contributed by atoms with Crippen LogP contribution < -0.4 is 15.8 Å². The standard InChI is InChI=1S/C18H20ClN7O2/c1-25-6-2-3-12(25)10-28-14-4-5-21-8-13(14)23-18(27)15-16(20)24-26-9-11(19)7-22-17(15)26/h4-5,7-9,12H,2-3,6,10H2,1H3,(H2,20,24)(H,23,27)/t12-/m0/s1. The highest BCUT2D eigenvalue weighted by molar-refractivity contribution is 6.30. The van der Waals surface area contributed by atoms with Gasteiger partial charge < -0.3 is 20.7 Å². The molecule has 4 heterocycles. The van der Waals surface area contributed by atoms with Crippen molar-refractivity contribution in [3.05, 3.63) is 41.4 Å². The fraction of sp³-hybridized carbons (Fsp3) is 0.333. The largest absolute Gasteiger partial charge is 0.490 e. The number of likely N-dealkylation sites (N-methyl/N-ethyl adjacent to an activating group) is 1. The summed E-state index contributed by atoms with van der Waals surface area (Å²) in [5.74, 6) is 0.166. The molecule has 146 valence electrons. The summed E-state index contributed by atoms with van der Waals surface area (Å²) >= 11 is 5.92. The SMILES string of the molecule is CN1CCC[C@H]1COc1ccncc1NC(=O)c1c(N)nn2cc(Cl)cnc12. The first-order valence-electron chi connectivity index (χ1n) is 8.90. The van der Waals surface area contributed by atoms with E-state index in [9.17, 15) is 4.79 Å². The molecular weight excluding hydrogens is 382 g/mol. The molecule has 1 fully saturated rings. The van der Waals surface area contributed by atoms with Gasteiger partial charge in [-0.3, -0.25) is 9.78 Å². The fourth-order valence-corrected chi connectivity index (χ4v) is 3.45. The van der Waals surface area contributed by atoms with Gasteiger partial charge in [-0.05, 0) is 26.4 Å². The Labute approximate surface area is 166 Å². The molecule has 3 N–H and O–H groups in total. The van der Waals surface area contributed by atoms with Crippen molar-refractivity contribution >= 4 is 34.7 Å². The number of nitrogens with one attached hydrogen (secondary N) is 1. The minimum Gasteiger partial charge on any atom is -0.490 e. The second-order valence-corrected chi connectivity index (χ2v) is 7.15. The summed E-state index contributed by atoms with van der Waals surface area (Å²) in [6, 6.07) is 2.09. The molecule has 0 unspecified atom stereocenters. The smallest absolute Gasteiger partial charge is 0.263 e. The summed E-state index contributed by atoms with van der Waals surface area (Å²) < 4.78 is 7.34. The molecule has 1 amide bonds. The summed E-state index contributed by atoms with van der Waals surface area (Å²) in [7, 11) is 2.09. The number of hydrogen-bond donors (Lipinski definition) is 2. The van der Waals surface area contributed by atoms with Gasteiger partial charge in [-0.15, -0.1) is 5.10 Å². The number of aromatic nitrogens is 4. The monoisotopic (exact) mass is 401 g/mol. The van der Waals surface area contributed by atoms with Crippen molar-refractivity contribution in [1.29, 1.82) is 0 Å². The van der Waals surface area contributed by atoms with E-state index in [0.29, 0.717) is 34.8 Å². The summed E-state index contributed by atoms with van der Waals surface area (Å²) in [6.45, 7) is 1.61. The lowest BCUT2D eigenvalue weighted by atomic mass is 10.2. The Kier molecular flexibility index (Phi) is 5.01. The lowest BCUT2D eigenvalue weighted by Gasteiger charge is -2.20. The number of nitrogens with two attached hydrogens (primary N) is 1. The van der Waals surface area contributed by atoms with Crippen molar-refractivity contribution in [2.75, 3.05) is 31.2 Å². The highest BCUT2D eigenvalue weighted by Gasteiger charge is 2.23. The van der Waals surface area contributed by atoms with E-state index >= 15 is 0 Å². The van der Waals surface area contributed by atoms with Crippen LogP contribution in [0, 0.1) is 0 Å². The number of halogens is 1. The van der Waals surface area contributed by atoms with Crippen molar-refractivity contribution in [3.63, 3.8) is 0 Å². The lowest BCUT2D eigenvalue weighted by Crippen LogP contribution is -2.30. The van der Waals surface area contributed by atoms with Gasteiger partial charge in [0, 0.05) is 24.5 Å². The Bertz CT molecular complexity index is 1020. The summed E-state index contributed by atoms with van der Waals surface area (Å²) in [4.78, 5) is 23.4. The van der Waals surface area contributed by atoms with E-state index in [0.717, 1.165) is 19.4 Å². The average Bonchev–Trinajstić information content (AvgIpc) is 3.22. The van der Waals surface area contributed by atoms with Gasteiger partial charge in [0.1, 0.15) is 23.6 Å². The zero-order chi connectivity index (χ0) is 19.7. The van der Waals surface area contributed by atoms with Gasteiger partial charge >= 0.3 is 0 Å². The van der Waals surface area contributed by atoms with Crippen LogP contribution >= 0.6 is 11.6 Å². The second-order valence-electron chi connectivity index (χ2n) is 6.71. The van der Waals surface area contributed by atoms with Gasteiger partial charge in [0.25, 0.3) is 5.91 Å². The number of hydrogen-bond acceptors (Lipinski definition) is 7. The first-order chi connectivity index (χ1) is 13.5. The van der Waals surface area contributed by atoms with Crippen LogP contribution in [0.1, 0.15) is 23.2 Å². The molecule has 0 aromatic carbocycles. The normalized spacial score (nSPS) is 17.1. The van der Waals surface area contributed by atoms with E-state index < -0.39 is 5.91 Å². The van der Waals surface area contributed by atoms with Crippen LogP contribution in [-0.4, -0.2) is 56.6 Å². The number of carbonyl (C=O) groups is 1. The molecule has 0 saturated carbocycles. The predicted molar refractivity (Wildman–Crippen MR) is 106 cm³/mol. The highest BCUT2D eigenvalue weighted by Crippen LogP contribution is 2.26. The second kappa shape index (κ2) is 7.61. The van der Waals surface area contributed by atoms with E-state index in [4.69, 9.17) is 22.1 Å². The lowest BCUT2D eigenvalue weighted by molar-refractivity contribution is 0.102. The maximum Gasteiger partial charge on any atom is 0.263 e. The van der Waals surface area contributed by atoms with Crippen LogP contribution in [0.25, 0.3) is 5.65 Å². The van der Waals surface area contributed by atoms with Crippen LogP contribution in [0.2, 0.25) is 5.02 Å². The highest BCUT2D eigenvalue weighted by atomic mass is 35.5. The van der Waals surface area contributed by atoms with E-state index in [1.807, 2.05) is 0 Å². The fourth-order valence-electron chi connectivity index (χ4n) is 3.31. The van der Waals surface area contributed by atoms with Gasteiger partial charge in [0.2, 0.25) is 0 Å². The predicted octanol–water partition coefficient (Wildman–Crippen LogP) is 2.09. The number of amides is 1. The Morgan fingerprint density at radius 3 is 3.11 bits per heavy atom. The molecule has 28 heavy (non-hydrogen) atoms. The zero-order valence-electron chi connectivity index (χ0n) is 15.3. The number of likely N-dealkylation sites (tertiary alicyclic amines) is 1. The molecule has 1 aliphatic heterocycles. The van der Waals surface area contributed by atoms with Gasteiger partial charge in [0.15, 0.2) is 11.5 Å². The molecule has 0 aliphatic carbocycles. The number of anilines is 2. The third-order valence-electron chi connectivity index (χ3n) is 4.83. The van der Waals surface area contributed by atoms with Crippen LogP contribution in [0.5, 0.6) is 5.75 Å². The zero-order valence-corrected chi connectivity index (χ0v) is 16.1. The van der Waals surface area contributed by atoms with E-state index in [2.05, 4.69) is 32.3 Å². The Balaban J connectivity index is 1.55. The molecule has 1 saturated heterocycles. The first-order valence-corrected chi connectivity index (χ1v) is 9.28. The molecule has 3 aromatic rings. The van der Waals surface area contributed by atoms with Crippen molar-refractivity contribution in [1.82, 2.24) is 24.5 Å². The third kappa shape index (κ3) is 3.58. The molecule has 1 atom stereocenters. The molecule has 1 aliphatic rings. The molecule has 10 heteroatoms. The number of ether oxygens (including phenoxy) is 1. The van der Waals surface area contributed by atoms with E-state index in [1.54, 1.807) is 12.3 Å². The molecule has 0 radical (unpaired) electrons. The van der Waals surface area contributed by atoms with E-state index in [1.165, 1.54) is 23.1 Å². The average molecular weight is 402 g/mol. The topological polar surface area (TPSA) is 111 Å². The van der Waals surface area contributed by atoms with Gasteiger partial charge in [0.05, 0.1) is 17.4 Å². The number of rotatable bonds is 5. The minimum atomic E-state index is -0.446. The molecular formula is C18H20ClN7O2. The van der Waals surface area contributed by atoms with Crippen molar-refractivity contribution in [3.8, 4) is 5.75 Å². The molecule has 3 aromatic heterocycles. The summed E-state index contributed by atoms with van der Waals surface area (Å²) in [5.41, 5.74) is 6.87. The summed E-state index contributed by atoms with van der Waals surface area (Å²) in [5, 5.41) is 7.28. The number of pyridine rings is 1. The Hall–Kier alpha value is -2.91. The summed E-state index contributed by atoms with van der Waals surface area (Å²) in [6.07, 6.45) is 8.39. The van der Waals surface area contributed by atoms with Crippen LogP contribution in [0.3, 0.4) is 0 Å². The van der Waals surface area contributed by atoms with Crippen LogP contribution in [-0.2, 0) is 0 Å². The number of nitrogens with zero attached hydrogens (tertiary/aromatic N) is 5. The Morgan fingerprint density at radius 1 is 1.46 bits per heavy atom. The van der Waals surface area contributed by atoms with Crippen LogP contribution in [0.4, 0.5) is 11.5 Å². The number of fused-ring (bicyclic) bond motifs is 1. The van der Waals surface area contributed by atoms with Gasteiger partial charge in [-0.2, -0.15) is 0 Å². The Morgan fingerprint density at radius 2 is 2.32 bits per heavy atom. The quantitative estimate of drug-likeness (QED) is 0.673. The van der Waals surface area contributed by atoms with E-state index in [-0.39, 0.29) is 11.4 Å². The number of carbonyl (C=O) groups excluding carboxylic acids is 1. The van der Waals surface area contributed by atoms with Gasteiger partial charge in [-0.1, -0.05) is 11.6 Å². The maximum atomic E-state index is 12.9. The van der Waals surface area contributed by atoms with Crippen LogP contribution in [0.15, 0.2) is 30.9 Å². The molecule has 0 spiro atoms. The number of nitrogen functional groups attached to an aromatic ring is 1.